The van der Waals surface area contributed by atoms with Crippen molar-refractivity contribution in [3.05, 3.63) is 45.1 Å². The largest absolute Gasteiger partial charge is 0.478 e. The number of hydrogen-bond acceptors (Lipinski definition) is 2. The molecule has 0 radical (unpaired) electrons. The van der Waals surface area contributed by atoms with Crippen molar-refractivity contribution in [3.63, 3.8) is 0 Å². The fourth-order valence-corrected chi connectivity index (χ4v) is 2.10. The molecule has 0 fully saturated rings. The van der Waals surface area contributed by atoms with E-state index >= 15 is 0 Å². The third-order valence-electron chi connectivity index (χ3n) is 2.39. The maximum absolute atomic E-state index is 12.7. The predicted octanol–water partition coefficient (Wildman–Crippen LogP) is 4.01. The number of hydrogen-bond donors (Lipinski definition) is 1. The molecular formula is C11H5BrClF3N2O2. The highest BCUT2D eigenvalue weighted by atomic mass is 79.9. The summed E-state index contributed by atoms with van der Waals surface area (Å²) >= 11 is 9.07. The van der Waals surface area contributed by atoms with Crippen molar-refractivity contribution >= 4 is 33.5 Å². The minimum absolute atomic E-state index is 0.126. The standard InChI is InChI=1S/C11H5BrClF3N2O2/c12-6-2-1-3-7(8(6)13)18-4-5(10(19)20)9(17-18)11(14,15)16/h1-4H,(H,19,20). The summed E-state index contributed by atoms with van der Waals surface area (Å²) in [4.78, 5) is 10.9. The van der Waals surface area contributed by atoms with Gasteiger partial charge in [0.15, 0.2) is 5.69 Å². The normalized spacial score (nSPS) is 11.7. The zero-order valence-corrected chi connectivity index (χ0v) is 11.8. The van der Waals surface area contributed by atoms with Crippen LogP contribution in [0.25, 0.3) is 5.69 Å². The first-order valence-corrected chi connectivity index (χ1v) is 6.23. The highest BCUT2D eigenvalue weighted by Gasteiger charge is 2.39. The Bertz CT molecular complexity index is 685. The van der Waals surface area contributed by atoms with E-state index < -0.39 is 23.4 Å². The van der Waals surface area contributed by atoms with E-state index in [2.05, 4.69) is 21.0 Å². The third kappa shape index (κ3) is 2.66. The van der Waals surface area contributed by atoms with Crippen LogP contribution < -0.4 is 0 Å². The summed E-state index contributed by atoms with van der Waals surface area (Å²) in [6.07, 6.45) is -4.09. The molecule has 0 aliphatic carbocycles. The van der Waals surface area contributed by atoms with Crippen molar-refractivity contribution in [1.29, 1.82) is 0 Å². The van der Waals surface area contributed by atoms with Gasteiger partial charge in [-0.3, -0.25) is 0 Å². The minimum Gasteiger partial charge on any atom is -0.478 e. The Hall–Kier alpha value is -1.54. The summed E-state index contributed by atoms with van der Waals surface area (Å²) in [5, 5.41) is 12.2. The molecule has 0 saturated carbocycles. The number of aromatic nitrogens is 2. The fraction of sp³-hybridized carbons (Fsp3) is 0.0909. The molecule has 1 heterocycles. The second-order valence-corrected chi connectivity index (χ2v) is 4.94. The van der Waals surface area contributed by atoms with Gasteiger partial charge in [-0.05, 0) is 28.1 Å². The lowest BCUT2D eigenvalue weighted by Crippen LogP contribution is -2.12. The van der Waals surface area contributed by atoms with E-state index in [1.54, 1.807) is 12.1 Å². The molecule has 0 bridgehead atoms. The van der Waals surface area contributed by atoms with Gasteiger partial charge in [0, 0.05) is 10.7 Å². The molecule has 1 aromatic carbocycles. The van der Waals surface area contributed by atoms with Gasteiger partial charge in [-0.1, -0.05) is 17.7 Å². The number of aromatic carboxylic acids is 1. The van der Waals surface area contributed by atoms with Crippen molar-refractivity contribution < 1.29 is 23.1 Å². The molecule has 0 atom stereocenters. The number of carboxylic acid groups (broad SMARTS) is 1. The number of carbonyl (C=O) groups is 1. The highest BCUT2D eigenvalue weighted by molar-refractivity contribution is 9.10. The minimum atomic E-state index is -4.86. The zero-order valence-electron chi connectivity index (χ0n) is 9.45. The van der Waals surface area contributed by atoms with Gasteiger partial charge < -0.3 is 5.11 Å². The molecule has 1 aromatic heterocycles. The summed E-state index contributed by atoms with van der Waals surface area (Å²) in [5.41, 5.74) is -2.27. The molecule has 1 N–H and O–H groups in total. The number of halogens is 5. The molecule has 0 amide bonds. The molecular weight excluding hydrogens is 364 g/mol. The smallest absolute Gasteiger partial charge is 0.436 e. The van der Waals surface area contributed by atoms with Gasteiger partial charge in [0.2, 0.25) is 0 Å². The number of rotatable bonds is 2. The molecule has 106 valence electrons. The molecule has 0 aliphatic heterocycles. The second-order valence-electron chi connectivity index (χ2n) is 3.71. The lowest BCUT2D eigenvalue weighted by molar-refractivity contribution is -0.141. The summed E-state index contributed by atoms with van der Waals surface area (Å²) < 4.78 is 39.5. The fourth-order valence-electron chi connectivity index (χ4n) is 1.53. The SMILES string of the molecule is O=C(O)c1cn(-c2cccc(Br)c2Cl)nc1C(F)(F)F. The Labute approximate surface area is 123 Å². The van der Waals surface area contributed by atoms with E-state index in [9.17, 15) is 18.0 Å². The van der Waals surface area contributed by atoms with Crippen molar-refractivity contribution in [2.24, 2.45) is 0 Å². The van der Waals surface area contributed by atoms with Crippen LogP contribution in [-0.4, -0.2) is 20.9 Å². The van der Waals surface area contributed by atoms with Crippen molar-refractivity contribution in [1.82, 2.24) is 9.78 Å². The zero-order chi connectivity index (χ0) is 15.1. The maximum atomic E-state index is 12.7. The highest BCUT2D eigenvalue weighted by Crippen LogP contribution is 2.33. The van der Waals surface area contributed by atoms with Crippen LogP contribution in [0.2, 0.25) is 5.02 Å². The van der Waals surface area contributed by atoms with Gasteiger partial charge in [0.25, 0.3) is 0 Å². The van der Waals surface area contributed by atoms with Crippen LogP contribution in [0.5, 0.6) is 0 Å². The molecule has 2 aromatic rings. The van der Waals surface area contributed by atoms with Crippen LogP contribution in [0.4, 0.5) is 13.2 Å². The summed E-state index contributed by atoms with van der Waals surface area (Å²) in [5.74, 6) is -1.71. The summed E-state index contributed by atoms with van der Waals surface area (Å²) in [6, 6.07) is 4.56. The van der Waals surface area contributed by atoms with Crippen LogP contribution in [0.3, 0.4) is 0 Å². The van der Waals surface area contributed by atoms with Gasteiger partial charge in [-0.25, -0.2) is 9.48 Å². The molecule has 9 heteroatoms. The van der Waals surface area contributed by atoms with Gasteiger partial charge in [-0.2, -0.15) is 18.3 Å². The topological polar surface area (TPSA) is 55.1 Å². The Morgan fingerprint density at radius 2 is 2.05 bits per heavy atom. The number of alkyl halides is 3. The van der Waals surface area contributed by atoms with E-state index in [4.69, 9.17) is 16.7 Å². The Balaban J connectivity index is 2.65. The quantitative estimate of drug-likeness (QED) is 0.870. The number of nitrogens with zero attached hydrogens (tertiary/aromatic N) is 2. The number of carboxylic acids is 1. The van der Waals surface area contributed by atoms with Gasteiger partial charge in [-0.15, -0.1) is 0 Å². The lowest BCUT2D eigenvalue weighted by Gasteiger charge is -2.06. The first-order chi connectivity index (χ1) is 9.21. The predicted molar refractivity (Wildman–Crippen MR) is 68.2 cm³/mol. The molecule has 2 rings (SSSR count). The first-order valence-electron chi connectivity index (χ1n) is 5.06. The average Bonchev–Trinajstić information content (AvgIpc) is 2.77. The van der Waals surface area contributed by atoms with Gasteiger partial charge in [0.1, 0.15) is 5.56 Å². The van der Waals surface area contributed by atoms with E-state index in [0.29, 0.717) is 4.47 Å². The van der Waals surface area contributed by atoms with Crippen LogP contribution in [0, 0.1) is 0 Å². The van der Waals surface area contributed by atoms with E-state index in [-0.39, 0.29) is 10.7 Å². The third-order valence-corrected chi connectivity index (χ3v) is 3.68. The van der Waals surface area contributed by atoms with Crippen molar-refractivity contribution in [3.8, 4) is 5.69 Å². The monoisotopic (exact) mass is 368 g/mol. The van der Waals surface area contributed by atoms with E-state index in [1.165, 1.54) is 6.07 Å². The summed E-state index contributed by atoms with van der Waals surface area (Å²) in [7, 11) is 0. The van der Waals surface area contributed by atoms with E-state index in [0.717, 1.165) is 10.9 Å². The van der Waals surface area contributed by atoms with Crippen LogP contribution in [0.15, 0.2) is 28.9 Å². The van der Waals surface area contributed by atoms with Crippen molar-refractivity contribution in [2.45, 2.75) is 6.18 Å². The van der Waals surface area contributed by atoms with Crippen LogP contribution in [0.1, 0.15) is 16.1 Å². The number of benzene rings is 1. The molecule has 0 saturated heterocycles. The lowest BCUT2D eigenvalue weighted by atomic mass is 10.2. The van der Waals surface area contributed by atoms with Crippen molar-refractivity contribution in [2.75, 3.05) is 0 Å². The average molecular weight is 370 g/mol. The Morgan fingerprint density at radius 3 is 2.55 bits per heavy atom. The maximum Gasteiger partial charge on any atom is 0.436 e. The molecule has 0 aliphatic rings. The van der Waals surface area contributed by atoms with Crippen LogP contribution >= 0.6 is 27.5 Å². The molecule has 20 heavy (non-hydrogen) atoms. The Kier molecular flexibility index (Phi) is 3.79. The Morgan fingerprint density at radius 1 is 1.40 bits per heavy atom. The summed E-state index contributed by atoms with van der Waals surface area (Å²) in [6.45, 7) is 0. The molecule has 0 unspecified atom stereocenters. The first kappa shape index (κ1) is 14.9. The van der Waals surface area contributed by atoms with Gasteiger partial charge >= 0.3 is 12.1 Å². The van der Waals surface area contributed by atoms with E-state index in [1.807, 2.05) is 0 Å². The van der Waals surface area contributed by atoms with Gasteiger partial charge in [0.05, 0.1) is 10.7 Å². The van der Waals surface area contributed by atoms with Crippen LogP contribution in [-0.2, 0) is 6.18 Å². The second kappa shape index (κ2) is 5.10. The molecule has 0 spiro atoms. The molecule has 4 nitrogen and oxygen atoms in total.